The Bertz CT molecular complexity index is 720. The van der Waals surface area contributed by atoms with Crippen LogP contribution in [0.15, 0.2) is 46.7 Å². The molecule has 0 saturated carbocycles. The van der Waals surface area contributed by atoms with E-state index in [2.05, 4.69) is 57.2 Å². The molecule has 39 heavy (non-hydrogen) atoms. The van der Waals surface area contributed by atoms with Crippen LogP contribution in [-0.4, -0.2) is 9.52 Å². The van der Waals surface area contributed by atoms with E-state index in [0.717, 1.165) is 0 Å². The number of rotatable bonds is 22. The van der Waals surface area contributed by atoms with E-state index in [-0.39, 0.29) is 68.5 Å². The first-order valence-corrected chi connectivity index (χ1v) is 17.0. The minimum Gasteiger partial charge on any atom is -1.00 e. The van der Waals surface area contributed by atoms with Gasteiger partial charge in [0.2, 0.25) is 0 Å². The molecule has 2 rings (SSSR count). The molecular formula is C34H57Cl3SiTi. The fourth-order valence-corrected chi connectivity index (χ4v) is 7.74. The van der Waals surface area contributed by atoms with Gasteiger partial charge in [0.1, 0.15) is 0 Å². The summed E-state index contributed by atoms with van der Waals surface area (Å²) in [6.07, 6.45) is 32.3. The van der Waals surface area contributed by atoms with Gasteiger partial charge in [0.15, 0.2) is 0 Å². The molecule has 1 aromatic rings. The summed E-state index contributed by atoms with van der Waals surface area (Å²) in [6, 6.07) is 11.2. The van der Waals surface area contributed by atoms with Crippen LogP contribution in [0.25, 0.3) is 0 Å². The van der Waals surface area contributed by atoms with E-state index in [1.54, 1.807) is 21.5 Å². The number of allylic oxidation sites excluding steroid dienone is 4. The molecule has 0 fully saturated rings. The van der Waals surface area contributed by atoms with E-state index in [1.807, 2.05) is 0 Å². The topological polar surface area (TPSA) is 0 Å². The number of benzene rings is 1. The molecule has 0 N–H and O–H groups in total. The van der Waals surface area contributed by atoms with Crippen LogP contribution in [0.1, 0.15) is 149 Å². The van der Waals surface area contributed by atoms with Crippen LogP contribution in [0.2, 0.25) is 0 Å². The zero-order valence-electron chi connectivity index (χ0n) is 25.4. The zero-order chi connectivity index (χ0) is 25.0. The molecule has 0 nitrogen and oxygen atoms in total. The molecule has 1 atom stereocenters. The average molecular weight is 648 g/mol. The van der Waals surface area contributed by atoms with Gasteiger partial charge in [-0.1, -0.05) is 184 Å². The van der Waals surface area contributed by atoms with Crippen molar-refractivity contribution >= 4 is 14.7 Å². The van der Waals surface area contributed by atoms with Gasteiger partial charge in [-0.15, -0.1) is 6.92 Å². The SMILES string of the molecule is CCCCCCCCCCCCCCCCCCC1C([SiH2]c2ccccc2)=[C-]C(CCCC)=C1C.[Cl-].[Cl-].[Cl-].[Ti+4]. The average Bonchev–Trinajstić information content (AvgIpc) is 3.16. The van der Waals surface area contributed by atoms with Crippen molar-refractivity contribution in [3.8, 4) is 0 Å². The molecule has 0 radical (unpaired) electrons. The van der Waals surface area contributed by atoms with Crippen LogP contribution in [0.5, 0.6) is 0 Å². The van der Waals surface area contributed by atoms with Gasteiger partial charge in [0.25, 0.3) is 0 Å². The molecule has 0 saturated heterocycles. The quantitative estimate of drug-likeness (QED) is 0.100. The van der Waals surface area contributed by atoms with Crippen molar-refractivity contribution in [1.29, 1.82) is 0 Å². The molecule has 1 aliphatic rings. The molecule has 0 spiro atoms. The zero-order valence-corrected chi connectivity index (χ0v) is 30.7. The summed E-state index contributed by atoms with van der Waals surface area (Å²) in [5.41, 5.74) is 3.23. The first-order valence-electron chi connectivity index (χ1n) is 15.6. The molecule has 1 aromatic carbocycles. The van der Waals surface area contributed by atoms with Crippen LogP contribution in [-0.2, 0) is 21.7 Å². The minimum atomic E-state index is -0.372. The smallest absolute Gasteiger partial charge is 1.00 e. The van der Waals surface area contributed by atoms with Crippen LogP contribution in [0.4, 0.5) is 0 Å². The Hall–Kier alpha value is 0.501. The van der Waals surface area contributed by atoms with E-state index in [0.29, 0.717) is 5.92 Å². The number of unbranched alkanes of at least 4 members (excludes halogenated alkanes) is 16. The molecule has 0 aliphatic heterocycles. The second-order valence-electron chi connectivity index (χ2n) is 11.2. The van der Waals surface area contributed by atoms with Crippen molar-refractivity contribution in [3.63, 3.8) is 0 Å². The Morgan fingerprint density at radius 2 is 1.05 bits per heavy atom. The van der Waals surface area contributed by atoms with E-state index < -0.39 is 0 Å². The van der Waals surface area contributed by atoms with Crippen molar-refractivity contribution in [2.75, 3.05) is 0 Å². The van der Waals surface area contributed by atoms with Crippen LogP contribution >= 0.6 is 0 Å². The Morgan fingerprint density at radius 1 is 0.615 bits per heavy atom. The predicted octanol–water partition coefficient (Wildman–Crippen LogP) is 0.965. The molecule has 222 valence electrons. The molecular weight excluding hydrogens is 591 g/mol. The molecule has 0 amide bonds. The molecule has 0 heterocycles. The van der Waals surface area contributed by atoms with Gasteiger partial charge in [-0.2, -0.15) is 5.20 Å². The van der Waals surface area contributed by atoms with Gasteiger partial charge in [-0.05, 0) is 0 Å². The maximum atomic E-state index is 3.94. The van der Waals surface area contributed by atoms with Crippen molar-refractivity contribution in [1.82, 2.24) is 0 Å². The van der Waals surface area contributed by atoms with Crippen molar-refractivity contribution in [3.05, 3.63) is 52.8 Å². The van der Waals surface area contributed by atoms with Crippen LogP contribution in [0.3, 0.4) is 0 Å². The maximum absolute atomic E-state index is 3.94. The van der Waals surface area contributed by atoms with Crippen molar-refractivity contribution < 1.29 is 58.9 Å². The fraction of sp³-hybridized carbons (Fsp3) is 0.706. The molecule has 1 unspecified atom stereocenters. The minimum absolute atomic E-state index is 0. The largest absolute Gasteiger partial charge is 4.00 e. The summed E-state index contributed by atoms with van der Waals surface area (Å²) in [5, 5.41) is 3.28. The summed E-state index contributed by atoms with van der Waals surface area (Å²) in [6.45, 7) is 7.03. The van der Waals surface area contributed by atoms with E-state index in [1.165, 1.54) is 128 Å². The van der Waals surface area contributed by atoms with Gasteiger partial charge in [-0.25, -0.2) is 11.1 Å². The first-order chi connectivity index (χ1) is 17.3. The van der Waals surface area contributed by atoms with E-state index in [4.69, 9.17) is 0 Å². The predicted molar refractivity (Wildman–Crippen MR) is 161 cm³/mol. The molecule has 0 aromatic heterocycles. The van der Waals surface area contributed by atoms with E-state index in [9.17, 15) is 0 Å². The summed E-state index contributed by atoms with van der Waals surface area (Å²) in [7, 11) is -0.372. The Labute approximate surface area is 279 Å². The Balaban J connectivity index is -0.00000324. The standard InChI is InChI=1S/C34H57Si.3ClH.Ti/c1-4-6-8-9-10-11-12-13-14-15-16-17-18-19-20-24-28-33-30(3)31(25-7-5-2)29-34(33)35-32-26-22-21-23-27-32;;;;/h21-23,26-27,33H,4-20,24-25,28,35H2,1-3H3;3*1H;/q-1;;;;+4/p-3. The second-order valence-corrected chi connectivity index (χ2v) is 13.2. The number of hydrogen-bond acceptors (Lipinski definition) is 0. The first kappa shape index (κ1) is 43.9. The van der Waals surface area contributed by atoms with E-state index >= 15 is 0 Å². The molecule has 5 heteroatoms. The summed E-state index contributed by atoms with van der Waals surface area (Å²) in [4.78, 5) is 0. The van der Waals surface area contributed by atoms with Gasteiger partial charge in [-0.3, -0.25) is 6.08 Å². The summed E-state index contributed by atoms with van der Waals surface area (Å²) >= 11 is 0. The Morgan fingerprint density at radius 3 is 1.51 bits per heavy atom. The summed E-state index contributed by atoms with van der Waals surface area (Å²) < 4.78 is 0. The fourth-order valence-electron chi connectivity index (χ4n) is 5.73. The summed E-state index contributed by atoms with van der Waals surface area (Å²) in [5.74, 6) is 0.709. The monoisotopic (exact) mass is 646 g/mol. The van der Waals surface area contributed by atoms with Gasteiger partial charge >= 0.3 is 21.7 Å². The van der Waals surface area contributed by atoms with Crippen LogP contribution in [0, 0.1) is 12.0 Å². The van der Waals surface area contributed by atoms with Gasteiger partial charge in [0.05, 0.1) is 9.52 Å². The van der Waals surface area contributed by atoms with Crippen molar-refractivity contribution in [2.45, 2.75) is 149 Å². The third kappa shape index (κ3) is 20.1. The Kier molecular flexibility index (Phi) is 33.8. The molecule has 0 bridgehead atoms. The third-order valence-electron chi connectivity index (χ3n) is 8.09. The number of halogens is 3. The maximum Gasteiger partial charge on any atom is 4.00 e. The van der Waals surface area contributed by atoms with Crippen LogP contribution < -0.4 is 42.4 Å². The van der Waals surface area contributed by atoms with Gasteiger partial charge < -0.3 is 37.2 Å². The third-order valence-corrected chi connectivity index (χ3v) is 10.0. The number of hydrogen-bond donors (Lipinski definition) is 0. The second kappa shape index (κ2) is 30.0. The van der Waals surface area contributed by atoms with Crippen molar-refractivity contribution in [2.24, 2.45) is 5.92 Å². The normalized spacial score (nSPS) is 14.4. The molecule has 1 aliphatic carbocycles. The van der Waals surface area contributed by atoms with Gasteiger partial charge in [0, 0.05) is 0 Å².